The van der Waals surface area contributed by atoms with Crippen LogP contribution >= 0.6 is 34.5 Å². The monoisotopic (exact) mass is 328 g/mol. The number of benzene rings is 1. The van der Waals surface area contributed by atoms with Gasteiger partial charge in [0.1, 0.15) is 4.34 Å². The highest BCUT2D eigenvalue weighted by atomic mass is 35.5. The quantitative estimate of drug-likeness (QED) is 0.901. The van der Waals surface area contributed by atoms with Crippen LogP contribution in [0.3, 0.4) is 0 Å². The summed E-state index contributed by atoms with van der Waals surface area (Å²) in [6, 6.07) is 6.54. The Kier molecular flexibility index (Phi) is 4.32. The summed E-state index contributed by atoms with van der Waals surface area (Å²) in [7, 11) is 0. The maximum Gasteiger partial charge on any atom is 0.258 e. The molecule has 3 N–H and O–H groups in total. The SMILES string of the molecule is Cc1cccc(NC(=O)c2cc(Cl)sc2Cl)c1C(N)=O. The van der Waals surface area contributed by atoms with Crippen LogP contribution in [0, 0.1) is 6.92 Å². The molecule has 0 aliphatic rings. The Bertz CT molecular complexity index is 698. The van der Waals surface area contributed by atoms with Gasteiger partial charge in [0.15, 0.2) is 0 Å². The van der Waals surface area contributed by atoms with Crippen LogP contribution in [0.1, 0.15) is 26.3 Å². The average Bonchev–Trinajstić information content (AvgIpc) is 2.68. The van der Waals surface area contributed by atoms with Gasteiger partial charge in [0.25, 0.3) is 11.8 Å². The van der Waals surface area contributed by atoms with Crippen molar-refractivity contribution in [3.63, 3.8) is 0 Å². The third-order valence-electron chi connectivity index (χ3n) is 2.67. The van der Waals surface area contributed by atoms with Gasteiger partial charge in [-0.05, 0) is 24.6 Å². The summed E-state index contributed by atoms with van der Waals surface area (Å²) in [5.41, 5.74) is 6.90. The molecule has 1 aromatic heterocycles. The lowest BCUT2D eigenvalue weighted by Gasteiger charge is -2.10. The Hall–Kier alpha value is -1.56. The number of carbonyl (C=O) groups excluding carboxylic acids is 2. The van der Waals surface area contributed by atoms with Gasteiger partial charge in [-0.3, -0.25) is 9.59 Å². The number of rotatable bonds is 3. The van der Waals surface area contributed by atoms with Gasteiger partial charge in [0.2, 0.25) is 0 Å². The summed E-state index contributed by atoms with van der Waals surface area (Å²) >= 11 is 12.8. The minimum atomic E-state index is -0.604. The fourth-order valence-electron chi connectivity index (χ4n) is 1.78. The van der Waals surface area contributed by atoms with Crippen LogP contribution in [0.2, 0.25) is 8.67 Å². The van der Waals surface area contributed by atoms with Gasteiger partial charge in [0, 0.05) is 0 Å². The third-order valence-corrected chi connectivity index (χ3v) is 4.16. The standard InChI is InChI=1S/C13H10Cl2N2O2S/c1-6-3-2-4-8(10(6)12(16)18)17-13(19)7-5-9(14)20-11(7)15/h2-5H,1H3,(H2,16,18)(H,17,19). The lowest BCUT2D eigenvalue weighted by atomic mass is 10.1. The number of anilines is 1. The first kappa shape index (κ1) is 14.8. The second-order valence-electron chi connectivity index (χ2n) is 4.05. The Morgan fingerprint density at radius 1 is 1.30 bits per heavy atom. The highest BCUT2D eigenvalue weighted by Crippen LogP contribution is 2.32. The molecule has 0 bridgehead atoms. The van der Waals surface area contributed by atoms with Crippen molar-refractivity contribution in [3.05, 3.63) is 49.6 Å². The maximum atomic E-state index is 12.1. The fraction of sp³-hybridized carbons (Fsp3) is 0.0769. The van der Waals surface area contributed by atoms with Crippen molar-refractivity contribution >= 4 is 52.0 Å². The molecule has 7 heteroatoms. The van der Waals surface area contributed by atoms with Crippen LogP contribution in [0.5, 0.6) is 0 Å². The summed E-state index contributed by atoms with van der Waals surface area (Å²) in [4.78, 5) is 23.6. The maximum absolute atomic E-state index is 12.1. The van der Waals surface area contributed by atoms with Crippen molar-refractivity contribution in [2.75, 3.05) is 5.32 Å². The predicted octanol–water partition coefficient (Wildman–Crippen LogP) is 3.71. The molecule has 0 radical (unpaired) electrons. The molecule has 0 aliphatic heterocycles. The zero-order chi connectivity index (χ0) is 14.9. The minimum Gasteiger partial charge on any atom is -0.366 e. The molecular formula is C13H10Cl2N2O2S. The van der Waals surface area contributed by atoms with E-state index in [2.05, 4.69) is 5.32 Å². The molecule has 104 valence electrons. The van der Waals surface area contributed by atoms with Gasteiger partial charge in [-0.1, -0.05) is 35.3 Å². The topological polar surface area (TPSA) is 72.2 Å². The molecule has 0 fully saturated rings. The number of hydrogen-bond donors (Lipinski definition) is 2. The minimum absolute atomic E-state index is 0.263. The molecule has 0 saturated carbocycles. The van der Waals surface area contributed by atoms with Crippen LogP contribution in [-0.4, -0.2) is 11.8 Å². The number of halogens is 2. The molecule has 0 spiro atoms. The number of primary amides is 1. The van der Waals surface area contributed by atoms with Crippen LogP contribution in [-0.2, 0) is 0 Å². The van der Waals surface area contributed by atoms with Crippen molar-refractivity contribution in [3.8, 4) is 0 Å². The molecule has 4 nitrogen and oxygen atoms in total. The van der Waals surface area contributed by atoms with Crippen LogP contribution < -0.4 is 11.1 Å². The van der Waals surface area contributed by atoms with Crippen molar-refractivity contribution in [1.82, 2.24) is 0 Å². The fourth-order valence-corrected chi connectivity index (χ4v) is 3.24. The number of nitrogens with two attached hydrogens (primary N) is 1. The van der Waals surface area contributed by atoms with Crippen molar-refractivity contribution in [2.45, 2.75) is 6.92 Å². The third kappa shape index (κ3) is 2.95. The second-order valence-corrected chi connectivity index (χ2v) is 6.34. The molecule has 1 heterocycles. The summed E-state index contributed by atoms with van der Waals surface area (Å²) in [6.45, 7) is 1.74. The summed E-state index contributed by atoms with van der Waals surface area (Å²) in [5, 5.41) is 2.63. The van der Waals surface area contributed by atoms with Crippen molar-refractivity contribution < 1.29 is 9.59 Å². The summed E-state index contributed by atoms with van der Waals surface area (Å²) in [6.07, 6.45) is 0. The van der Waals surface area contributed by atoms with Crippen LogP contribution in [0.4, 0.5) is 5.69 Å². The van der Waals surface area contributed by atoms with Gasteiger partial charge >= 0.3 is 0 Å². The van der Waals surface area contributed by atoms with Crippen LogP contribution in [0.25, 0.3) is 0 Å². The molecular weight excluding hydrogens is 319 g/mol. The number of carbonyl (C=O) groups is 2. The van der Waals surface area contributed by atoms with E-state index in [1.165, 1.54) is 6.07 Å². The van der Waals surface area contributed by atoms with E-state index in [1.807, 2.05) is 0 Å². The predicted molar refractivity (Wildman–Crippen MR) is 82.0 cm³/mol. The van der Waals surface area contributed by atoms with Gasteiger partial charge in [-0.25, -0.2) is 0 Å². The molecule has 2 aromatic rings. The number of hydrogen-bond acceptors (Lipinski definition) is 3. The molecule has 2 amide bonds. The highest BCUT2D eigenvalue weighted by Gasteiger charge is 2.18. The van der Waals surface area contributed by atoms with Gasteiger partial charge in [-0.2, -0.15) is 0 Å². The molecule has 0 saturated heterocycles. The number of thiophene rings is 1. The van der Waals surface area contributed by atoms with Crippen LogP contribution in [0.15, 0.2) is 24.3 Å². The number of nitrogens with one attached hydrogen (secondary N) is 1. The smallest absolute Gasteiger partial charge is 0.258 e. The van der Waals surface area contributed by atoms with E-state index in [4.69, 9.17) is 28.9 Å². The largest absolute Gasteiger partial charge is 0.366 e. The van der Waals surface area contributed by atoms with Gasteiger partial charge in [0.05, 0.1) is 21.2 Å². The van der Waals surface area contributed by atoms with E-state index in [0.717, 1.165) is 11.3 Å². The van der Waals surface area contributed by atoms with E-state index >= 15 is 0 Å². The summed E-state index contributed by atoms with van der Waals surface area (Å²) < 4.78 is 0.709. The Balaban J connectivity index is 2.36. The first-order chi connectivity index (χ1) is 9.40. The van der Waals surface area contributed by atoms with E-state index in [-0.39, 0.29) is 11.1 Å². The molecule has 1 aromatic carbocycles. The molecule has 2 rings (SSSR count). The molecule has 0 unspecified atom stereocenters. The molecule has 0 atom stereocenters. The van der Waals surface area contributed by atoms with E-state index < -0.39 is 11.8 Å². The Morgan fingerprint density at radius 2 is 2.00 bits per heavy atom. The van der Waals surface area contributed by atoms with E-state index in [0.29, 0.717) is 19.9 Å². The number of amides is 2. The molecule has 0 aliphatic carbocycles. The normalized spacial score (nSPS) is 10.3. The number of aryl methyl sites for hydroxylation is 1. The van der Waals surface area contributed by atoms with Crippen molar-refractivity contribution in [1.29, 1.82) is 0 Å². The Labute approximate surface area is 129 Å². The lowest BCUT2D eigenvalue weighted by molar-refractivity contribution is 0.100. The second kappa shape index (κ2) is 5.83. The molecule has 20 heavy (non-hydrogen) atoms. The first-order valence-electron chi connectivity index (χ1n) is 5.55. The van der Waals surface area contributed by atoms with Gasteiger partial charge in [-0.15, -0.1) is 11.3 Å². The average molecular weight is 329 g/mol. The van der Waals surface area contributed by atoms with E-state index in [9.17, 15) is 9.59 Å². The zero-order valence-electron chi connectivity index (χ0n) is 10.4. The van der Waals surface area contributed by atoms with Gasteiger partial charge < -0.3 is 11.1 Å². The van der Waals surface area contributed by atoms with Crippen molar-refractivity contribution in [2.24, 2.45) is 5.73 Å². The zero-order valence-corrected chi connectivity index (χ0v) is 12.7. The Morgan fingerprint density at radius 3 is 2.55 bits per heavy atom. The lowest BCUT2D eigenvalue weighted by Crippen LogP contribution is -2.19. The first-order valence-corrected chi connectivity index (χ1v) is 7.13. The summed E-state index contributed by atoms with van der Waals surface area (Å²) in [5.74, 6) is -1.04. The van der Waals surface area contributed by atoms with E-state index in [1.54, 1.807) is 25.1 Å². The highest BCUT2D eigenvalue weighted by molar-refractivity contribution is 7.20.